The molecule has 0 bridgehead atoms. The van der Waals surface area contributed by atoms with E-state index in [1.807, 2.05) is 19.1 Å². The fourth-order valence-electron chi connectivity index (χ4n) is 2.45. The van der Waals surface area contributed by atoms with Gasteiger partial charge in [-0.15, -0.1) is 4.83 Å². The van der Waals surface area contributed by atoms with Crippen LogP contribution in [0.5, 0.6) is 11.5 Å². The van der Waals surface area contributed by atoms with Crippen LogP contribution in [-0.2, 0) is 16.4 Å². The molecule has 3 rings (SSSR count). The van der Waals surface area contributed by atoms with Crippen LogP contribution in [0.1, 0.15) is 29.3 Å². The second-order valence-electron chi connectivity index (χ2n) is 5.77. The highest BCUT2D eigenvalue weighted by Gasteiger charge is 2.19. The number of benzene rings is 2. The minimum absolute atomic E-state index is 0.0246. The Morgan fingerprint density at radius 2 is 1.73 bits per heavy atom. The maximum atomic E-state index is 12.4. The third-order valence-electron chi connectivity index (χ3n) is 3.95. The van der Waals surface area contributed by atoms with Crippen molar-refractivity contribution in [1.29, 1.82) is 0 Å². The molecule has 138 valence electrons. The van der Waals surface area contributed by atoms with Gasteiger partial charge in [0.1, 0.15) is 0 Å². The maximum Gasteiger partial charge on any atom is 0.266 e. The molecule has 2 aromatic carbocycles. The average Bonchev–Trinajstić information content (AvgIpc) is 2.91. The average molecular weight is 376 g/mol. The van der Waals surface area contributed by atoms with Crippen molar-refractivity contribution in [2.24, 2.45) is 0 Å². The van der Waals surface area contributed by atoms with Gasteiger partial charge < -0.3 is 9.47 Å². The zero-order valence-corrected chi connectivity index (χ0v) is 15.1. The van der Waals surface area contributed by atoms with E-state index in [0.29, 0.717) is 30.3 Å². The topological polar surface area (TPSA) is 93.7 Å². The smallest absolute Gasteiger partial charge is 0.266 e. The standard InChI is InChI=1S/C18H20N2O5S/c1-2-13-4-6-14(7-5-13)18(21)19-20-26(22,23)15-8-9-16-17(12-15)25-11-3-10-24-16/h4-9,12,20H,2-3,10-11H2,1H3,(H,19,21). The van der Waals surface area contributed by atoms with Crippen LogP contribution in [0, 0.1) is 0 Å². The number of fused-ring (bicyclic) bond motifs is 1. The molecule has 0 saturated heterocycles. The van der Waals surface area contributed by atoms with Crippen molar-refractivity contribution < 1.29 is 22.7 Å². The highest BCUT2D eigenvalue weighted by Crippen LogP contribution is 2.31. The van der Waals surface area contributed by atoms with Gasteiger partial charge in [-0.2, -0.15) is 0 Å². The molecule has 1 amide bonds. The van der Waals surface area contributed by atoms with Gasteiger partial charge in [0.15, 0.2) is 11.5 Å². The van der Waals surface area contributed by atoms with Gasteiger partial charge in [-0.3, -0.25) is 10.2 Å². The third-order valence-corrected chi connectivity index (χ3v) is 5.20. The van der Waals surface area contributed by atoms with E-state index in [-0.39, 0.29) is 4.90 Å². The second kappa shape index (κ2) is 7.76. The summed E-state index contributed by atoms with van der Waals surface area (Å²) in [6.45, 7) is 2.98. The summed E-state index contributed by atoms with van der Waals surface area (Å²) in [6, 6.07) is 11.3. The quantitative estimate of drug-likeness (QED) is 0.779. The Balaban J connectivity index is 1.70. The highest BCUT2D eigenvalue weighted by atomic mass is 32.2. The van der Waals surface area contributed by atoms with Crippen LogP contribution in [0.15, 0.2) is 47.4 Å². The number of nitrogens with one attached hydrogen (secondary N) is 2. The van der Waals surface area contributed by atoms with Crippen molar-refractivity contribution >= 4 is 15.9 Å². The van der Waals surface area contributed by atoms with Gasteiger partial charge >= 0.3 is 0 Å². The summed E-state index contributed by atoms with van der Waals surface area (Å²) >= 11 is 0. The Kier molecular flexibility index (Phi) is 5.43. The van der Waals surface area contributed by atoms with E-state index in [0.717, 1.165) is 18.4 Å². The molecule has 0 unspecified atom stereocenters. The summed E-state index contributed by atoms with van der Waals surface area (Å²) in [5.74, 6) is 0.332. The van der Waals surface area contributed by atoms with Gasteiger partial charge in [0.2, 0.25) is 0 Å². The summed E-state index contributed by atoms with van der Waals surface area (Å²) in [7, 11) is -3.94. The fraction of sp³-hybridized carbons (Fsp3) is 0.278. The number of sulfonamides is 1. The second-order valence-corrected chi connectivity index (χ2v) is 7.45. The number of carbonyl (C=O) groups excluding carboxylic acids is 1. The molecule has 1 aliphatic rings. The summed E-state index contributed by atoms with van der Waals surface area (Å²) in [6.07, 6.45) is 1.58. The van der Waals surface area contributed by atoms with Crippen LogP contribution < -0.4 is 19.7 Å². The van der Waals surface area contributed by atoms with Gasteiger partial charge in [-0.05, 0) is 36.2 Å². The van der Waals surface area contributed by atoms with E-state index < -0.39 is 15.9 Å². The first kappa shape index (κ1) is 18.2. The van der Waals surface area contributed by atoms with Crippen LogP contribution in [0.25, 0.3) is 0 Å². The van der Waals surface area contributed by atoms with Crippen molar-refractivity contribution in [3.8, 4) is 11.5 Å². The number of hydrazine groups is 1. The zero-order chi connectivity index (χ0) is 18.6. The number of hydrogen-bond donors (Lipinski definition) is 2. The largest absolute Gasteiger partial charge is 0.490 e. The Hall–Kier alpha value is -2.58. The number of hydrogen-bond acceptors (Lipinski definition) is 5. The summed E-state index contributed by atoms with van der Waals surface area (Å²) in [5, 5.41) is 0. The van der Waals surface area contributed by atoms with Crippen LogP contribution in [0.4, 0.5) is 0 Å². The Labute approximate surface area is 152 Å². The summed E-state index contributed by atoms with van der Waals surface area (Å²) < 4.78 is 35.8. The molecule has 2 N–H and O–H groups in total. The SMILES string of the molecule is CCc1ccc(C(=O)NNS(=O)(=O)c2ccc3c(c2)OCCCO3)cc1. The van der Waals surface area contributed by atoms with Crippen LogP contribution in [0.2, 0.25) is 0 Å². The van der Waals surface area contributed by atoms with E-state index in [9.17, 15) is 13.2 Å². The van der Waals surface area contributed by atoms with Crippen molar-refractivity contribution in [2.45, 2.75) is 24.7 Å². The molecule has 2 aromatic rings. The number of ether oxygens (including phenoxy) is 2. The van der Waals surface area contributed by atoms with Crippen molar-refractivity contribution in [3.63, 3.8) is 0 Å². The minimum atomic E-state index is -3.94. The molecule has 7 nitrogen and oxygen atoms in total. The van der Waals surface area contributed by atoms with E-state index in [2.05, 4.69) is 10.3 Å². The van der Waals surface area contributed by atoms with Crippen LogP contribution in [-0.4, -0.2) is 27.5 Å². The van der Waals surface area contributed by atoms with E-state index >= 15 is 0 Å². The van der Waals surface area contributed by atoms with Gasteiger partial charge in [0.25, 0.3) is 15.9 Å². The minimum Gasteiger partial charge on any atom is -0.490 e. The molecular formula is C18H20N2O5S. The van der Waals surface area contributed by atoms with Crippen LogP contribution >= 0.6 is 0 Å². The Morgan fingerprint density at radius 3 is 2.42 bits per heavy atom. The Bertz CT molecular complexity index is 894. The van der Waals surface area contributed by atoms with Gasteiger partial charge in [0.05, 0.1) is 18.1 Å². The lowest BCUT2D eigenvalue weighted by atomic mass is 10.1. The number of amides is 1. The molecule has 8 heteroatoms. The lowest BCUT2D eigenvalue weighted by molar-refractivity contribution is 0.0945. The molecule has 0 saturated carbocycles. The molecule has 1 heterocycles. The number of carbonyl (C=O) groups is 1. The monoisotopic (exact) mass is 376 g/mol. The fourth-order valence-corrected chi connectivity index (χ4v) is 3.30. The normalized spacial score (nSPS) is 13.7. The first-order valence-corrected chi connectivity index (χ1v) is 9.78. The highest BCUT2D eigenvalue weighted by molar-refractivity contribution is 7.89. The first-order chi connectivity index (χ1) is 12.5. The molecule has 0 atom stereocenters. The van der Waals surface area contributed by atoms with Gasteiger partial charge in [-0.1, -0.05) is 19.1 Å². The molecule has 0 fully saturated rings. The van der Waals surface area contributed by atoms with Crippen molar-refractivity contribution in [3.05, 3.63) is 53.6 Å². The molecule has 0 aromatic heterocycles. The first-order valence-electron chi connectivity index (χ1n) is 8.30. The number of aryl methyl sites for hydroxylation is 1. The zero-order valence-electron chi connectivity index (χ0n) is 14.3. The molecule has 1 aliphatic heterocycles. The molecular weight excluding hydrogens is 356 g/mol. The predicted molar refractivity (Wildman–Crippen MR) is 95.7 cm³/mol. The van der Waals surface area contributed by atoms with Gasteiger partial charge in [0, 0.05) is 18.1 Å². The molecule has 0 spiro atoms. The third kappa shape index (κ3) is 4.14. The van der Waals surface area contributed by atoms with Crippen molar-refractivity contribution in [2.75, 3.05) is 13.2 Å². The van der Waals surface area contributed by atoms with E-state index in [4.69, 9.17) is 9.47 Å². The number of rotatable bonds is 5. The Morgan fingerprint density at radius 1 is 1.04 bits per heavy atom. The summed E-state index contributed by atoms with van der Waals surface area (Å²) in [5.41, 5.74) is 3.68. The lowest BCUT2D eigenvalue weighted by Crippen LogP contribution is -2.41. The van der Waals surface area contributed by atoms with E-state index in [1.165, 1.54) is 12.1 Å². The van der Waals surface area contributed by atoms with Gasteiger partial charge in [-0.25, -0.2) is 8.42 Å². The lowest BCUT2D eigenvalue weighted by Gasteiger charge is -2.11. The molecule has 0 radical (unpaired) electrons. The maximum absolute atomic E-state index is 12.4. The van der Waals surface area contributed by atoms with Crippen LogP contribution in [0.3, 0.4) is 0 Å². The van der Waals surface area contributed by atoms with E-state index in [1.54, 1.807) is 18.2 Å². The molecule has 26 heavy (non-hydrogen) atoms. The summed E-state index contributed by atoms with van der Waals surface area (Å²) in [4.78, 5) is 14.2. The molecule has 0 aliphatic carbocycles. The van der Waals surface area contributed by atoms with Crippen molar-refractivity contribution in [1.82, 2.24) is 10.3 Å². The predicted octanol–water partition coefficient (Wildman–Crippen LogP) is 2.03.